The van der Waals surface area contributed by atoms with Crippen molar-refractivity contribution in [3.8, 4) is 22.6 Å². The van der Waals surface area contributed by atoms with Gasteiger partial charge in [-0.2, -0.15) is 13.2 Å². The molecule has 0 bridgehead atoms. The molecule has 0 saturated carbocycles. The summed E-state index contributed by atoms with van der Waals surface area (Å²) >= 11 is 0. The summed E-state index contributed by atoms with van der Waals surface area (Å²) in [4.78, 5) is 4.19. The van der Waals surface area contributed by atoms with Crippen LogP contribution in [0.15, 0.2) is 97.0 Å². The molecule has 1 aromatic heterocycles. The number of hydrogen-bond donors (Lipinski definition) is 0. The minimum atomic E-state index is -4.47. The van der Waals surface area contributed by atoms with E-state index >= 15 is 0 Å². The summed E-state index contributed by atoms with van der Waals surface area (Å²) in [5, 5.41) is 0.394. The second-order valence-corrected chi connectivity index (χ2v) is 8.99. The molecule has 0 N–H and O–H groups in total. The van der Waals surface area contributed by atoms with Crippen LogP contribution in [0, 0.1) is 0 Å². The van der Waals surface area contributed by atoms with Gasteiger partial charge in [-0.1, -0.05) is 30.3 Å². The van der Waals surface area contributed by atoms with E-state index in [-0.39, 0.29) is 10.4 Å². The first-order valence-electron chi connectivity index (χ1n) is 9.66. The van der Waals surface area contributed by atoms with Crippen LogP contribution in [-0.4, -0.2) is 19.7 Å². The number of sulfone groups is 1. The van der Waals surface area contributed by atoms with Crippen molar-refractivity contribution in [3.05, 3.63) is 97.7 Å². The zero-order valence-electron chi connectivity index (χ0n) is 17.6. The SMILES string of the molecule is C=C.CS(=O)(=O)c1cccc(Oc2ccc(-c3cnc4c(C(F)(F)F)cccc4c3)cc2)c1. The van der Waals surface area contributed by atoms with Gasteiger partial charge in [0.2, 0.25) is 0 Å². The lowest BCUT2D eigenvalue weighted by atomic mass is 10.0. The van der Waals surface area contributed by atoms with Gasteiger partial charge in [0.25, 0.3) is 0 Å². The van der Waals surface area contributed by atoms with Crippen LogP contribution in [0.4, 0.5) is 13.2 Å². The molecule has 4 aromatic rings. The fraction of sp³-hybridized carbons (Fsp3) is 0.0800. The van der Waals surface area contributed by atoms with Crippen molar-refractivity contribution in [2.24, 2.45) is 0 Å². The molecule has 0 unspecified atom stereocenters. The highest BCUT2D eigenvalue weighted by Gasteiger charge is 2.33. The van der Waals surface area contributed by atoms with Crippen molar-refractivity contribution in [1.82, 2.24) is 4.98 Å². The molecule has 4 nitrogen and oxygen atoms in total. The van der Waals surface area contributed by atoms with Crippen LogP contribution in [0.25, 0.3) is 22.0 Å². The van der Waals surface area contributed by atoms with E-state index in [9.17, 15) is 21.6 Å². The molecule has 0 aliphatic heterocycles. The normalized spacial score (nSPS) is 11.5. The van der Waals surface area contributed by atoms with E-state index < -0.39 is 21.6 Å². The van der Waals surface area contributed by atoms with Crippen LogP contribution in [-0.2, 0) is 16.0 Å². The predicted molar refractivity (Wildman–Crippen MR) is 123 cm³/mol. The largest absolute Gasteiger partial charge is 0.457 e. The molecule has 8 heteroatoms. The summed E-state index contributed by atoms with van der Waals surface area (Å²) in [6, 6.07) is 18.7. The second kappa shape index (κ2) is 9.46. The minimum Gasteiger partial charge on any atom is -0.457 e. The number of benzene rings is 3. The third-order valence-corrected chi connectivity index (χ3v) is 5.78. The van der Waals surface area contributed by atoms with E-state index in [0.29, 0.717) is 22.4 Å². The molecule has 0 atom stereocenters. The second-order valence-electron chi connectivity index (χ2n) is 6.97. The lowest BCUT2D eigenvalue weighted by Gasteiger charge is -2.11. The van der Waals surface area contributed by atoms with Crippen molar-refractivity contribution in [2.75, 3.05) is 6.26 Å². The summed E-state index contributed by atoms with van der Waals surface area (Å²) in [5.74, 6) is 0.866. The Kier molecular flexibility index (Phi) is 6.88. The Morgan fingerprint density at radius 2 is 1.52 bits per heavy atom. The monoisotopic (exact) mass is 471 g/mol. The first-order valence-corrected chi connectivity index (χ1v) is 11.5. The summed E-state index contributed by atoms with van der Waals surface area (Å²) < 4.78 is 68.6. The molecule has 0 radical (unpaired) electrons. The van der Waals surface area contributed by atoms with E-state index in [1.807, 2.05) is 0 Å². The quantitative estimate of drug-likeness (QED) is 0.303. The highest BCUT2D eigenvalue weighted by Crippen LogP contribution is 2.35. The van der Waals surface area contributed by atoms with E-state index in [1.165, 1.54) is 24.4 Å². The Morgan fingerprint density at radius 1 is 0.848 bits per heavy atom. The molecule has 0 amide bonds. The van der Waals surface area contributed by atoms with E-state index in [2.05, 4.69) is 18.1 Å². The van der Waals surface area contributed by atoms with E-state index in [1.54, 1.807) is 48.5 Å². The lowest BCUT2D eigenvalue weighted by molar-refractivity contribution is -0.136. The molecule has 0 fully saturated rings. The third kappa shape index (κ3) is 5.59. The number of halogens is 3. The smallest absolute Gasteiger partial charge is 0.418 e. The van der Waals surface area contributed by atoms with Crippen LogP contribution >= 0.6 is 0 Å². The molecule has 0 aliphatic rings. The van der Waals surface area contributed by atoms with Crippen molar-refractivity contribution in [2.45, 2.75) is 11.1 Å². The van der Waals surface area contributed by atoms with Crippen molar-refractivity contribution < 1.29 is 26.3 Å². The van der Waals surface area contributed by atoms with E-state index in [4.69, 9.17) is 4.74 Å². The maximum atomic E-state index is 13.2. The van der Waals surface area contributed by atoms with Gasteiger partial charge in [-0.3, -0.25) is 4.98 Å². The van der Waals surface area contributed by atoms with Gasteiger partial charge in [-0.05, 0) is 48.0 Å². The summed E-state index contributed by atoms with van der Waals surface area (Å²) in [7, 11) is -3.35. The molecule has 170 valence electrons. The van der Waals surface area contributed by atoms with Gasteiger partial charge in [0.15, 0.2) is 9.84 Å². The van der Waals surface area contributed by atoms with Gasteiger partial charge in [-0.15, -0.1) is 13.2 Å². The van der Waals surface area contributed by atoms with E-state index in [0.717, 1.165) is 17.9 Å². The van der Waals surface area contributed by atoms with Gasteiger partial charge in [-0.25, -0.2) is 8.42 Å². The zero-order chi connectivity index (χ0) is 24.2. The van der Waals surface area contributed by atoms with Gasteiger partial charge < -0.3 is 4.74 Å². The summed E-state index contributed by atoms with van der Waals surface area (Å²) in [5.41, 5.74) is 0.558. The topological polar surface area (TPSA) is 56.3 Å². The predicted octanol–water partition coefficient (Wildman–Crippen LogP) is 6.92. The van der Waals surface area contributed by atoms with Gasteiger partial charge in [0.1, 0.15) is 11.5 Å². The first-order chi connectivity index (χ1) is 15.6. The van der Waals surface area contributed by atoms with Crippen molar-refractivity contribution in [1.29, 1.82) is 0 Å². The number of alkyl halides is 3. The van der Waals surface area contributed by atoms with Crippen LogP contribution in [0.5, 0.6) is 11.5 Å². The number of ether oxygens (including phenoxy) is 1. The molecular formula is C25H20F3NO3S. The Hall–Kier alpha value is -3.65. The van der Waals surface area contributed by atoms with Crippen molar-refractivity contribution >= 4 is 20.7 Å². The molecule has 1 heterocycles. The van der Waals surface area contributed by atoms with Gasteiger partial charge >= 0.3 is 6.18 Å². The molecule has 4 rings (SSSR count). The van der Waals surface area contributed by atoms with Gasteiger partial charge in [0, 0.05) is 23.4 Å². The van der Waals surface area contributed by atoms with Gasteiger partial charge in [0.05, 0.1) is 16.0 Å². The fourth-order valence-corrected chi connectivity index (χ4v) is 3.82. The Bertz CT molecular complexity index is 1380. The average Bonchev–Trinajstić information content (AvgIpc) is 2.79. The zero-order valence-corrected chi connectivity index (χ0v) is 18.5. The van der Waals surface area contributed by atoms with Crippen molar-refractivity contribution in [3.63, 3.8) is 0 Å². The molecule has 3 aromatic carbocycles. The van der Waals surface area contributed by atoms with Crippen LogP contribution in [0.1, 0.15) is 5.56 Å². The fourth-order valence-electron chi connectivity index (χ4n) is 3.17. The molecule has 0 aliphatic carbocycles. The number of aromatic nitrogens is 1. The number of nitrogens with zero attached hydrogens (tertiary/aromatic N) is 1. The number of fused-ring (bicyclic) bond motifs is 1. The highest BCUT2D eigenvalue weighted by atomic mass is 32.2. The number of rotatable bonds is 4. The number of para-hydroxylation sites is 1. The number of hydrogen-bond acceptors (Lipinski definition) is 4. The van der Waals surface area contributed by atoms with Crippen LogP contribution < -0.4 is 4.74 Å². The first kappa shape index (κ1) is 24.0. The highest BCUT2D eigenvalue weighted by molar-refractivity contribution is 7.90. The third-order valence-electron chi connectivity index (χ3n) is 4.67. The average molecular weight is 472 g/mol. The summed E-state index contributed by atoms with van der Waals surface area (Å²) in [6.07, 6.45) is -1.94. The number of pyridine rings is 1. The Balaban J connectivity index is 0.00000149. The maximum Gasteiger partial charge on any atom is 0.418 e. The Morgan fingerprint density at radius 3 is 2.15 bits per heavy atom. The minimum absolute atomic E-state index is 0.0931. The van der Waals surface area contributed by atoms with Crippen LogP contribution in [0.3, 0.4) is 0 Å². The maximum absolute atomic E-state index is 13.2. The standard InChI is InChI=1S/C23H16F3NO3S.C2H4/c1-31(28,29)20-6-3-5-19(13-20)30-18-10-8-15(9-11-18)17-12-16-4-2-7-21(23(24,25)26)22(16)27-14-17;1-2/h2-14H,1H3;1-2H2. The Labute approximate surface area is 189 Å². The molecule has 33 heavy (non-hydrogen) atoms. The van der Waals surface area contributed by atoms with Crippen LogP contribution in [0.2, 0.25) is 0 Å². The molecule has 0 spiro atoms. The summed E-state index contributed by atoms with van der Waals surface area (Å²) in [6.45, 7) is 6.00. The molecular weight excluding hydrogens is 451 g/mol. The molecule has 0 saturated heterocycles. The lowest BCUT2D eigenvalue weighted by Crippen LogP contribution is -2.06.